The van der Waals surface area contributed by atoms with Gasteiger partial charge in [0.2, 0.25) is 5.78 Å². The molecule has 0 spiro atoms. The smallest absolute Gasteiger partial charge is 0.326 e. The van der Waals surface area contributed by atoms with E-state index < -0.39 is 29.8 Å². The minimum atomic E-state index is -1.29. The number of ketones is 1. The van der Waals surface area contributed by atoms with Crippen molar-refractivity contribution in [3.05, 3.63) is 35.6 Å². The Bertz CT molecular complexity index is 613. The minimum Gasteiger partial charge on any atom is -0.480 e. The molecule has 1 rings (SSSR count). The summed E-state index contributed by atoms with van der Waals surface area (Å²) in [5.74, 6) is -2.52. The number of aliphatic carboxylic acids is 1. The summed E-state index contributed by atoms with van der Waals surface area (Å²) in [5, 5.41) is 11.4. The second-order valence-electron chi connectivity index (χ2n) is 4.52. The quantitative estimate of drug-likeness (QED) is 0.372. The first-order valence-electron chi connectivity index (χ1n) is 6.66. The normalized spacial score (nSPS) is 12.6. The number of carbonyl (C=O) groups is 3. The molecule has 23 heavy (non-hydrogen) atoms. The van der Waals surface area contributed by atoms with Crippen molar-refractivity contribution in [2.45, 2.75) is 25.0 Å². The molecule has 2 atom stereocenters. The molecular weight excluding hydrogens is 304 g/mol. The molecule has 1 aromatic rings. The van der Waals surface area contributed by atoms with Crippen LogP contribution >= 0.6 is 0 Å². The molecule has 1 heterocycles. The minimum absolute atomic E-state index is 0.148. The topological polar surface area (TPSA) is 142 Å². The van der Waals surface area contributed by atoms with Gasteiger partial charge in [0, 0.05) is 19.7 Å². The highest BCUT2D eigenvalue weighted by Gasteiger charge is 2.27. The largest absolute Gasteiger partial charge is 0.480 e. The SMILES string of the molecule is COC(C(=O)NC(CCC(=O)C=[N+]=[N-])C(=O)O)c1ccccn1. The van der Waals surface area contributed by atoms with Crippen LogP contribution in [0.4, 0.5) is 0 Å². The fraction of sp³-hybridized carbons (Fsp3) is 0.357. The molecule has 0 bridgehead atoms. The van der Waals surface area contributed by atoms with Crippen molar-refractivity contribution >= 4 is 23.9 Å². The lowest BCUT2D eigenvalue weighted by Crippen LogP contribution is -2.43. The van der Waals surface area contributed by atoms with Gasteiger partial charge in [-0.15, -0.1) is 0 Å². The number of carboxylic acids is 1. The van der Waals surface area contributed by atoms with E-state index in [-0.39, 0.29) is 12.8 Å². The summed E-state index contributed by atoms with van der Waals surface area (Å²) in [4.78, 5) is 41.1. The predicted molar refractivity (Wildman–Crippen MR) is 77.5 cm³/mol. The van der Waals surface area contributed by atoms with Crippen molar-refractivity contribution in [2.24, 2.45) is 0 Å². The zero-order valence-corrected chi connectivity index (χ0v) is 12.4. The number of ether oxygens (including phenoxy) is 1. The van der Waals surface area contributed by atoms with Gasteiger partial charge in [-0.3, -0.25) is 14.6 Å². The van der Waals surface area contributed by atoms with Crippen LogP contribution in [0.1, 0.15) is 24.6 Å². The Morgan fingerprint density at radius 2 is 2.22 bits per heavy atom. The van der Waals surface area contributed by atoms with Gasteiger partial charge in [-0.05, 0) is 18.6 Å². The molecule has 0 fully saturated rings. The third-order valence-electron chi connectivity index (χ3n) is 2.93. The number of aromatic nitrogens is 1. The van der Waals surface area contributed by atoms with E-state index in [4.69, 9.17) is 15.4 Å². The summed E-state index contributed by atoms with van der Waals surface area (Å²) in [6.07, 6.45) is 0.753. The monoisotopic (exact) mass is 320 g/mol. The lowest BCUT2D eigenvalue weighted by molar-refractivity contribution is -0.144. The zero-order chi connectivity index (χ0) is 17.2. The summed E-state index contributed by atoms with van der Waals surface area (Å²) in [5.41, 5.74) is 8.56. The van der Waals surface area contributed by atoms with Crippen LogP contribution in [0.5, 0.6) is 0 Å². The number of methoxy groups -OCH3 is 1. The van der Waals surface area contributed by atoms with Crippen LogP contribution in [0, 0.1) is 0 Å². The standard InChI is InChI=1S/C14H16N4O5/c1-23-12(10-4-2-3-7-16-10)13(20)18-11(14(21)22)6-5-9(19)8-17-15/h2-4,7-8,11-12H,5-6H2,1H3,(H,18,20)(H,21,22). The molecule has 1 aromatic heterocycles. The second-order valence-corrected chi connectivity index (χ2v) is 4.52. The van der Waals surface area contributed by atoms with E-state index in [0.717, 1.165) is 0 Å². The molecule has 2 N–H and O–H groups in total. The molecule has 1 amide bonds. The molecule has 2 unspecified atom stereocenters. The molecule has 0 aliphatic rings. The number of nitrogens with one attached hydrogen (secondary N) is 1. The van der Waals surface area contributed by atoms with Crippen LogP contribution in [-0.2, 0) is 19.1 Å². The Morgan fingerprint density at radius 3 is 2.74 bits per heavy atom. The molecule has 0 saturated heterocycles. The van der Waals surface area contributed by atoms with Crippen LogP contribution in [0.2, 0.25) is 0 Å². The first-order valence-corrected chi connectivity index (χ1v) is 6.66. The fourth-order valence-corrected chi connectivity index (χ4v) is 1.81. The Hall–Kier alpha value is -2.90. The van der Waals surface area contributed by atoms with Gasteiger partial charge < -0.3 is 20.7 Å². The van der Waals surface area contributed by atoms with E-state index in [1.807, 2.05) is 0 Å². The molecule has 0 radical (unpaired) electrons. The van der Waals surface area contributed by atoms with Gasteiger partial charge in [-0.2, -0.15) is 4.79 Å². The molecule has 9 heteroatoms. The number of hydrogen-bond acceptors (Lipinski definition) is 5. The van der Waals surface area contributed by atoms with E-state index in [9.17, 15) is 14.4 Å². The highest BCUT2D eigenvalue weighted by Crippen LogP contribution is 2.14. The summed E-state index contributed by atoms with van der Waals surface area (Å²) in [6.45, 7) is 0. The Balaban J connectivity index is 2.74. The highest BCUT2D eigenvalue weighted by molar-refractivity contribution is 6.25. The number of nitrogens with zero attached hydrogens (tertiary/aromatic N) is 3. The van der Waals surface area contributed by atoms with Gasteiger partial charge in [0.1, 0.15) is 6.04 Å². The van der Waals surface area contributed by atoms with E-state index >= 15 is 0 Å². The summed E-state index contributed by atoms with van der Waals surface area (Å²) < 4.78 is 5.05. The number of carbonyl (C=O) groups excluding carboxylic acids is 2. The Kier molecular flexibility index (Phi) is 7.25. The lowest BCUT2D eigenvalue weighted by Gasteiger charge is -2.18. The third kappa shape index (κ3) is 5.77. The molecular formula is C14H16N4O5. The maximum atomic E-state index is 12.2. The zero-order valence-electron chi connectivity index (χ0n) is 12.4. The molecule has 0 aromatic carbocycles. The fourth-order valence-electron chi connectivity index (χ4n) is 1.81. The molecule has 9 nitrogen and oxygen atoms in total. The summed E-state index contributed by atoms with van der Waals surface area (Å²) in [7, 11) is 1.30. The van der Waals surface area contributed by atoms with Crippen molar-refractivity contribution < 1.29 is 29.0 Å². The highest BCUT2D eigenvalue weighted by atomic mass is 16.5. The average molecular weight is 320 g/mol. The van der Waals surface area contributed by atoms with E-state index in [1.165, 1.54) is 13.3 Å². The van der Waals surface area contributed by atoms with Gasteiger partial charge >= 0.3 is 12.2 Å². The lowest BCUT2D eigenvalue weighted by atomic mass is 10.1. The van der Waals surface area contributed by atoms with Crippen LogP contribution in [0.3, 0.4) is 0 Å². The van der Waals surface area contributed by atoms with Crippen molar-refractivity contribution in [1.29, 1.82) is 0 Å². The van der Waals surface area contributed by atoms with Crippen molar-refractivity contribution in [2.75, 3.05) is 7.11 Å². The molecule has 0 aliphatic heterocycles. The molecule has 122 valence electrons. The Morgan fingerprint density at radius 1 is 1.48 bits per heavy atom. The van der Waals surface area contributed by atoms with Crippen molar-refractivity contribution in [1.82, 2.24) is 10.3 Å². The van der Waals surface area contributed by atoms with Gasteiger partial charge in [0.15, 0.2) is 6.10 Å². The first kappa shape index (κ1) is 18.1. The number of carboxylic acid groups (broad SMARTS) is 1. The van der Waals surface area contributed by atoms with Crippen molar-refractivity contribution in [3.63, 3.8) is 0 Å². The van der Waals surface area contributed by atoms with Crippen LogP contribution in [0.25, 0.3) is 5.53 Å². The number of Topliss-reactive ketones (excluding diaryl/α,β-unsaturated/α-hetero) is 1. The maximum Gasteiger partial charge on any atom is 0.326 e. The average Bonchev–Trinajstić information content (AvgIpc) is 2.53. The van der Waals surface area contributed by atoms with E-state index in [1.54, 1.807) is 18.2 Å². The van der Waals surface area contributed by atoms with Crippen molar-refractivity contribution in [3.8, 4) is 0 Å². The Labute approximate surface area is 131 Å². The number of pyridine rings is 1. The van der Waals surface area contributed by atoms with Gasteiger partial charge in [0.05, 0.1) is 5.69 Å². The van der Waals surface area contributed by atoms with Gasteiger partial charge in [-0.1, -0.05) is 6.07 Å². The third-order valence-corrected chi connectivity index (χ3v) is 2.93. The summed E-state index contributed by atoms with van der Waals surface area (Å²) in [6, 6.07) is 3.64. The van der Waals surface area contributed by atoms with Crippen LogP contribution < -0.4 is 5.32 Å². The van der Waals surface area contributed by atoms with E-state index in [2.05, 4.69) is 15.1 Å². The number of amides is 1. The predicted octanol–water partition coefficient (Wildman–Crippen LogP) is -0.0116. The van der Waals surface area contributed by atoms with Crippen LogP contribution in [0.15, 0.2) is 24.4 Å². The first-order chi connectivity index (χ1) is 11.0. The van der Waals surface area contributed by atoms with Gasteiger partial charge in [-0.25, -0.2) is 4.79 Å². The van der Waals surface area contributed by atoms with Gasteiger partial charge in [0.25, 0.3) is 5.91 Å². The van der Waals surface area contributed by atoms with E-state index in [0.29, 0.717) is 11.9 Å². The maximum absolute atomic E-state index is 12.2. The number of hydrogen-bond donors (Lipinski definition) is 2. The molecule has 0 saturated carbocycles. The summed E-state index contributed by atoms with van der Waals surface area (Å²) >= 11 is 0. The second kappa shape index (κ2) is 9.19. The van der Waals surface area contributed by atoms with Crippen LogP contribution in [-0.4, -0.2) is 51.9 Å². The molecule has 0 aliphatic carbocycles. The number of rotatable bonds is 9.